The lowest BCUT2D eigenvalue weighted by atomic mass is 10.1. The molecule has 8 N–H and O–H groups in total. The van der Waals surface area contributed by atoms with E-state index in [4.69, 9.17) is 0 Å². The Hall–Kier alpha value is 0.300. The lowest BCUT2D eigenvalue weighted by Crippen LogP contribution is -2.43. The third-order valence-corrected chi connectivity index (χ3v) is 12.9. The second-order valence-electron chi connectivity index (χ2n) is 9.22. The van der Waals surface area contributed by atoms with Gasteiger partial charge in [0.25, 0.3) is 0 Å². The summed E-state index contributed by atoms with van der Waals surface area (Å²) in [5.41, 5.74) is -6.21. The fourth-order valence-corrected chi connectivity index (χ4v) is 10.2. The normalized spacial score (nSPS) is 14.1. The fraction of sp³-hybridized carbons (Fsp3) is 0.900. The van der Waals surface area contributed by atoms with Gasteiger partial charge in [-0.3, -0.25) is 23.2 Å². The zero-order valence-electron chi connectivity index (χ0n) is 21.4. The maximum Gasteiger partial charge on any atom is 0.355 e. The van der Waals surface area contributed by atoms with Gasteiger partial charge in [-0.1, -0.05) is 76.9 Å². The van der Waals surface area contributed by atoms with Crippen LogP contribution in [-0.2, 0) is 18.3 Å². The molecule has 0 atom stereocenters. The molecule has 0 spiro atoms. The predicted molar refractivity (Wildman–Crippen MR) is 142 cm³/mol. The topological polar surface area (TPSA) is 233 Å². The first kappa shape index (κ1) is 37.3. The molecule has 0 saturated carbocycles. The Balaban J connectivity index is 4.74. The average molecular weight is 615 g/mol. The Morgan fingerprint density at radius 1 is 0.514 bits per heavy atom. The van der Waals surface area contributed by atoms with E-state index in [1.54, 1.807) is 0 Å². The van der Waals surface area contributed by atoms with Crippen molar-refractivity contribution in [3.05, 3.63) is 12.2 Å². The van der Waals surface area contributed by atoms with Crippen molar-refractivity contribution in [3.63, 3.8) is 0 Å². The van der Waals surface area contributed by atoms with Crippen molar-refractivity contribution in [3.8, 4) is 0 Å². The van der Waals surface area contributed by atoms with E-state index >= 15 is 0 Å². The molecule has 0 rings (SSSR count). The van der Waals surface area contributed by atoms with E-state index in [2.05, 4.69) is 19.1 Å². The van der Waals surface area contributed by atoms with E-state index < -0.39 is 48.0 Å². The van der Waals surface area contributed by atoms with Gasteiger partial charge >= 0.3 is 30.4 Å². The molecule has 0 bridgehead atoms. The molecule has 0 heterocycles. The second kappa shape index (κ2) is 17.9. The van der Waals surface area contributed by atoms with Crippen LogP contribution in [0.25, 0.3) is 0 Å². The Labute approximate surface area is 219 Å². The molecule has 0 fully saturated rings. The van der Waals surface area contributed by atoms with Crippen LogP contribution in [0.2, 0.25) is 0 Å². The molecule has 0 amide bonds. The Morgan fingerprint density at radius 3 is 1.14 bits per heavy atom. The number of rotatable bonds is 22. The van der Waals surface area contributed by atoms with Gasteiger partial charge < -0.3 is 39.1 Å². The van der Waals surface area contributed by atoms with E-state index in [-0.39, 0.29) is 11.3 Å². The molecule has 0 unspecified atom stereocenters. The zero-order chi connectivity index (χ0) is 28.8. The lowest BCUT2D eigenvalue weighted by molar-refractivity contribution is 0.197. The second-order valence-corrected chi connectivity index (χ2v) is 16.7. The smallest absolute Gasteiger partial charge is 0.323 e. The summed E-state index contributed by atoms with van der Waals surface area (Å²) >= 11 is 0. The van der Waals surface area contributed by atoms with Crippen molar-refractivity contribution in [2.75, 3.05) is 6.54 Å². The Morgan fingerprint density at radius 2 is 0.811 bits per heavy atom. The molecule has 222 valence electrons. The molecule has 37 heavy (non-hydrogen) atoms. The molecule has 0 aromatic rings. The number of allylic oxidation sites excluding steroid dienone is 2. The van der Waals surface area contributed by atoms with Crippen LogP contribution in [0.15, 0.2) is 12.2 Å². The van der Waals surface area contributed by atoms with Gasteiger partial charge in [0.2, 0.25) is 11.0 Å². The molecule has 13 nitrogen and oxygen atoms in total. The first-order chi connectivity index (χ1) is 16.9. The summed E-state index contributed by atoms with van der Waals surface area (Å²) < 4.78 is 47.2. The van der Waals surface area contributed by atoms with Crippen molar-refractivity contribution < 1.29 is 57.4 Å². The summed E-state index contributed by atoms with van der Waals surface area (Å²) in [4.78, 5) is 75.6. The van der Waals surface area contributed by atoms with Gasteiger partial charge in [0.15, 0.2) is 0 Å². The van der Waals surface area contributed by atoms with Crippen LogP contribution in [0.4, 0.5) is 0 Å². The molecule has 0 aromatic carbocycles. The van der Waals surface area contributed by atoms with Gasteiger partial charge in [0.05, 0.1) is 0 Å². The SMILES string of the molecule is CCCCCCCC/C=C\CCCCCCCCN(C(P(=O)(O)O)P(=O)(O)O)C(P(=O)(O)O)P(=O)(O)O. The molecular weight excluding hydrogens is 570 g/mol. The molecule has 0 aromatic heterocycles. The Kier molecular flexibility index (Phi) is 18.0. The molecular formula is C20H45NO12P4. The van der Waals surface area contributed by atoms with Crippen LogP contribution in [0.1, 0.15) is 96.8 Å². The average Bonchev–Trinajstić information content (AvgIpc) is 2.69. The Bertz CT molecular complexity index is 754. The van der Waals surface area contributed by atoms with Crippen molar-refractivity contribution in [1.29, 1.82) is 0 Å². The van der Waals surface area contributed by atoms with E-state index in [1.165, 1.54) is 38.5 Å². The highest BCUT2D eigenvalue weighted by Crippen LogP contribution is 2.68. The number of hydrogen-bond donors (Lipinski definition) is 8. The standard InChI is InChI=1S/C20H45NO12P4/c1-2-3-4-5-6-7-8-9-10-11-12-13-14-15-16-17-18-21(19(34(22,23)24)35(25,26)27)20(36(28,29)30)37(31,32)33/h9-10,19-20H,2-8,11-18H2,1H3,(H2,22,23,24)(H2,25,26,27)(H2,28,29,30)(H2,31,32,33)/b10-9-. The first-order valence-electron chi connectivity index (χ1n) is 12.6. The van der Waals surface area contributed by atoms with Gasteiger partial charge in [-0.2, -0.15) is 0 Å². The van der Waals surface area contributed by atoms with Gasteiger partial charge in [0.1, 0.15) is 0 Å². The highest BCUT2D eigenvalue weighted by Gasteiger charge is 2.58. The maximum atomic E-state index is 11.8. The minimum absolute atomic E-state index is 0.0504. The van der Waals surface area contributed by atoms with Crippen LogP contribution in [-0.4, -0.2) is 61.6 Å². The number of nitrogens with zero attached hydrogens (tertiary/aromatic N) is 1. The van der Waals surface area contributed by atoms with Gasteiger partial charge in [0, 0.05) is 6.54 Å². The number of unbranched alkanes of at least 4 members (excludes halogenated alkanes) is 12. The molecule has 0 aliphatic heterocycles. The van der Waals surface area contributed by atoms with Gasteiger partial charge in [-0.25, -0.2) is 0 Å². The molecule has 0 radical (unpaired) electrons. The van der Waals surface area contributed by atoms with Crippen molar-refractivity contribution in [2.45, 2.75) is 108 Å². The third kappa shape index (κ3) is 16.9. The van der Waals surface area contributed by atoms with E-state index in [0.717, 1.165) is 32.1 Å². The summed E-state index contributed by atoms with van der Waals surface area (Å²) in [7, 11) is -23.1. The van der Waals surface area contributed by atoms with E-state index in [0.29, 0.717) is 12.8 Å². The maximum absolute atomic E-state index is 11.8. The van der Waals surface area contributed by atoms with Crippen LogP contribution < -0.4 is 0 Å². The quantitative estimate of drug-likeness (QED) is 0.0473. The molecule has 0 saturated heterocycles. The molecule has 17 heteroatoms. The zero-order valence-corrected chi connectivity index (χ0v) is 24.9. The third-order valence-electron chi connectivity index (χ3n) is 5.72. The highest BCUT2D eigenvalue weighted by molar-refractivity contribution is 7.72. The number of hydrogen-bond acceptors (Lipinski definition) is 5. The summed E-state index contributed by atoms with van der Waals surface area (Å²) in [5.74, 6) is 0. The van der Waals surface area contributed by atoms with Crippen molar-refractivity contribution in [1.82, 2.24) is 4.90 Å². The molecule has 0 aliphatic carbocycles. The fourth-order valence-electron chi connectivity index (χ4n) is 4.06. The summed E-state index contributed by atoms with van der Waals surface area (Å²) in [6.45, 7) is 1.44. The van der Waals surface area contributed by atoms with Crippen LogP contribution in [0.3, 0.4) is 0 Å². The van der Waals surface area contributed by atoms with Crippen molar-refractivity contribution >= 4 is 30.4 Å². The van der Waals surface area contributed by atoms with Crippen molar-refractivity contribution in [2.24, 2.45) is 0 Å². The first-order valence-corrected chi connectivity index (χ1v) is 19.3. The summed E-state index contributed by atoms with van der Waals surface area (Å²) in [6.07, 6.45) is 17.4. The minimum Gasteiger partial charge on any atom is -0.323 e. The minimum atomic E-state index is -5.77. The summed E-state index contributed by atoms with van der Waals surface area (Å²) in [5, 5.41) is 0. The molecule has 0 aliphatic rings. The summed E-state index contributed by atoms with van der Waals surface area (Å²) in [6, 6.07) is 0. The van der Waals surface area contributed by atoms with Crippen LogP contribution in [0.5, 0.6) is 0 Å². The monoisotopic (exact) mass is 615 g/mol. The predicted octanol–water partition coefficient (Wildman–Crippen LogP) is 4.60. The highest BCUT2D eigenvalue weighted by atomic mass is 31.2. The van der Waals surface area contributed by atoms with Gasteiger partial charge in [-0.15, -0.1) is 0 Å². The largest absolute Gasteiger partial charge is 0.355 e. The van der Waals surface area contributed by atoms with E-state index in [9.17, 15) is 57.4 Å². The lowest BCUT2D eigenvalue weighted by Gasteiger charge is -2.37. The van der Waals surface area contributed by atoms with Crippen LogP contribution >= 0.6 is 30.4 Å². The van der Waals surface area contributed by atoms with E-state index in [1.807, 2.05) is 0 Å². The van der Waals surface area contributed by atoms with Crippen LogP contribution in [0, 0.1) is 0 Å². The van der Waals surface area contributed by atoms with Gasteiger partial charge in [-0.05, 0) is 32.1 Å².